The van der Waals surface area contributed by atoms with Gasteiger partial charge in [-0.2, -0.15) is 0 Å². The van der Waals surface area contributed by atoms with Crippen LogP contribution in [0.2, 0.25) is 0 Å². The average Bonchev–Trinajstić information content (AvgIpc) is 2.48. The molecule has 0 radical (unpaired) electrons. The lowest BCUT2D eigenvalue weighted by atomic mass is 9.88. The first kappa shape index (κ1) is 15.3. The van der Waals surface area contributed by atoms with Crippen molar-refractivity contribution in [1.82, 2.24) is 10.2 Å². The Kier molecular flexibility index (Phi) is 5.06. The van der Waals surface area contributed by atoms with E-state index in [1.54, 1.807) is 0 Å². The van der Waals surface area contributed by atoms with Crippen LogP contribution in [0.25, 0.3) is 0 Å². The molecular weight excluding hydrogens is 248 g/mol. The molecule has 1 aliphatic heterocycles. The van der Waals surface area contributed by atoms with Gasteiger partial charge in [0.25, 0.3) is 0 Å². The van der Waals surface area contributed by atoms with Crippen molar-refractivity contribution in [3.8, 4) is 5.75 Å². The summed E-state index contributed by atoms with van der Waals surface area (Å²) in [6.07, 6.45) is 2.43. The molecule has 1 aromatic rings. The summed E-state index contributed by atoms with van der Waals surface area (Å²) in [5, 5.41) is 3.46. The van der Waals surface area contributed by atoms with E-state index in [4.69, 9.17) is 4.74 Å². The minimum atomic E-state index is 0.315. The van der Waals surface area contributed by atoms with Crippen LogP contribution in [0.1, 0.15) is 45.2 Å². The van der Waals surface area contributed by atoms with Crippen molar-refractivity contribution in [3.63, 3.8) is 0 Å². The molecule has 1 unspecified atom stereocenters. The summed E-state index contributed by atoms with van der Waals surface area (Å²) in [5.41, 5.74) is 1.69. The van der Waals surface area contributed by atoms with E-state index in [9.17, 15) is 0 Å². The van der Waals surface area contributed by atoms with E-state index in [2.05, 4.69) is 55.4 Å². The molecule has 3 nitrogen and oxygen atoms in total. The summed E-state index contributed by atoms with van der Waals surface area (Å²) in [4.78, 5) is 2.58. The van der Waals surface area contributed by atoms with E-state index in [1.807, 2.05) is 6.92 Å². The van der Waals surface area contributed by atoms with Crippen LogP contribution in [0, 0.1) is 0 Å². The van der Waals surface area contributed by atoms with Crippen molar-refractivity contribution >= 4 is 0 Å². The highest BCUT2D eigenvalue weighted by Crippen LogP contribution is 2.29. The Morgan fingerprint density at radius 2 is 1.85 bits per heavy atom. The van der Waals surface area contributed by atoms with Gasteiger partial charge in [0.2, 0.25) is 0 Å². The molecule has 3 heteroatoms. The molecule has 112 valence electrons. The van der Waals surface area contributed by atoms with Crippen molar-refractivity contribution < 1.29 is 4.74 Å². The van der Waals surface area contributed by atoms with Crippen LogP contribution in [0.5, 0.6) is 5.75 Å². The summed E-state index contributed by atoms with van der Waals surface area (Å²) in [5.74, 6) is 0.963. The SMILES string of the molecule is CCOc1ccc(C(C)N2CCC(C)(NC)CC2)cc1. The van der Waals surface area contributed by atoms with E-state index < -0.39 is 0 Å². The molecule has 0 spiro atoms. The van der Waals surface area contributed by atoms with Crippen molar-refractivity contribution in [2.45, 2.75) is 45.2 Å². The van der Waals surface area contributed by atoms with Gasteiger partial charge in [0.1, 0.15) is 5.75 Å². The number of hydrogen-bond donors (Lipinski definition) is 1. The van der Waals surface area contributed by atoms with Gasteiger partial charge in [-0.15, -0.1) is 0 Å². The summed E-state index contributed by atoms with van der Waals surface area (Å²) in [6, 6.07) is 9.03. The fourth-order valence-electron chi connectivity index (χ4n) is 2.87. The lowest BCUT2D eigenvalue weighted by Gasteiger charge is -2.42. The first-order valence-electron chi connectivity index (χ1n) is 7.74. The van der Waals surface area contributed by atoms with Crippen LogP contribution in [0.15, 0.2) is 24.3 Å². The quantitative estimate of drug-likeness (QED) is 0.893. The van der Waals surface area contributed by atoms with E-state index in [0.29, 0.717) is 11.6 Å². The lowest BCUT2D eigenvalue weighted by Crippen LogP contribution is -2.50. The van der Waals surface area contributed by atoms with E-state index in [0.717, 1.165) is 25.4 Å². The molecule has 1 heterocycles. The molecule has 0 aromatic heterocycles. The molecule has 1 aliphatic rings. The molecule has 1 aromatic carbocycles. The Labute approximate surface area is 123 Å². The number of ether oxygens (including phenoxy) is 1. The third-order valence-electron chi connectivity index (χ3n) is 4.73. The predicted octanol–water partition coefficient (Wildman–Crippen LogP) is 3.22. The Morgan fingerprint density at radius 1 is 1.25 bits per heavy atom. The zero-order valence-corrected chi connectivity index (χ0v) is 13.3. The number of nitrogens with zero attached hydrogens (tertiary/aromatic N) is 1. The predicted molar refractivity (Wildman–Crippen MR) is 84.3 cm³/mol. The number of rotatable bonds is 5. The largest absolute Gasteiger partial charge is 0.494 e. The van der Waals surface area contributed by atoms with Gasteiger partial charge in [-0.05, 0) is 58.4 Å². The molecule has 0 amide bonds. The zero-order chi connectivity index (χ0) is 14.6. The summed E-state index contributed by atoms with van der Waals surface area (Å²) < 4.78 is 5.51. The Hall–Kier alpha value is -1.06. The minimum Gasteiger partial charge on any atom is -0.494 e. The maximum absolute atomic E-state index is 5.51. The monoisotopic (exact) mass is 276 g/mol. The maximum Gasteiger partial charge on any atom is 0.119 e. The highest BCUT2D eigenvalue weighted by Gasteiger charge is 2.30. The Balaban J connectivity index is 1.96. The van der Waals surface area contributed by atoms with Crippen molar-refractivity contribution in [2.24, 2.45) is 0 Å². The summed E-state index contributed by atoms with van der Waals surface area (Å²) in [7, 11) is 2.07. The number of hydrogen-bond acceptors (Lipinski definition) is 3. The van der Waals surface area contributed by atoms with Gasteiger partial charge in [0.05, 0.1) is 6.61 Å². The first-order valence-corrected chi connectivity index (χ1v) is 7.74. The molecule has 2 rings (SSSR count). The second-order valence-corrected chi connectivity index (χ2v) is 6.02. The number of benzene rings is 1. The van der Waals surface area contributed by atoms with Crippen molar-refractivity contribution in [3.05, 3.63) is 29.8 Å². The Bertz CT molecular complexity index is 408. The van der Waals surface area contributed by atoms with Crippen LogP contribution in [-0.2, 0) is 0 Å². The lowest BCUT2D eigenvalue weighted by molar-refractivity contribution is 0.117. The fraction of sp³-hybridized carbons (Fsp3) is 0.647. The number of nitrogens with one attached hydrogen (secondary N) is 1. The molecule has 1 N–H and O–H groups in total. The summed E-state index contributed by atoms with van der Waals surface area (Å²) >= 11 is 0. The van der Waals surface area contributed by atoms with Crippen molar-refractivity contribution in [2.75, 3.05) is 26.7 Å². The van der Waals surface area contributed by atoms with Crippen LogP contribution in [0.3, 0.4) is 0 Å². The zero-order valence-electron chi connectivity index (χ0n) is 13.3. The van der Waals surface area contributed by atoms with E-state index in [-0.39, 0.29) is 0 Å². The van der Waals surface area contributed by atoms with Crippen LogP contribution in [0.4, 0.5) is 0 Å². The third-order valence-corrected chi connectivity index (χ3v) is 4.73. The van der Waals surface area contributed by atoms with Gasteiger partial charge in [0, 0.05) is 24.7 Å². The molecule has 0 saturated carbocycles. The first-order chi connectivity index (χ1) is 9.58. The highest BCUT2D eigenvalue weighted by molar-refractivity contribution is 5.29. The molecular formula is C17H28N2O. The van der Waals surface area contributed by atoms with Gasteiger partial charge in [-0.1, -0.05) is 12.1 Å². The third kappa shape index (κ3) is 3.53. The van der Waals surface area contributed by atoms with Gasteiger partial charge in [0.15, 0.2) is 0 Å². The second-order valence-electron chi connectivity index (χ2n) is 6.02. The number of piperidine rings is 1. The highest BCUT2D eigenvalue weighted by atomic mass is 16.5. The normalized spacial score (nSPS) is 20.6. The van der Waals surface area contributed by atoms with Crippen LogP contribution in [-0.4, -0.2) is 37.2 Å². The topological polar surface area (TPSA) is 24.5 Å². The van der Waals surface area contributed by atoms with Gasteiger partial charge >= 0.3 is 0 Å². The van der Waals surface area contributed by atoms with Crippen LogP contribution >= 0.6 is 0 Å². The number of likely N-dealkylation sites (tertiary alicyclic amines) is 1. The van der Waals surface area contributed by atoms with Gasteiger partial charge in [-0.3, -0.25) is 4.90 Å². The van der Waals surface area contributed by atoms with E-state index >= 15 is 0 Å². The second kappa shape index (κ2) is 6.59. The molecule has 0 aliphatic carbocycles. The molecule has 1 saturated heterocycles. The molecule has 1 fully saturated rings. The Morgan fingerprint density at radius 3 is 2.35 bits per heavy atom. The summed E-state index contributed by atoms with van der Waals surface area (Å²) in [6.45, 7) is 9.69. The van der Waals surface area contributed by atoms with Gasteiger partial charge in [-0.25, -0.2) is 0 Å². The van der Waals surface area contributed by atoms with Crippen molar-refractivity contribution in [1.29, 1.82) is 0 Å². The molecule has 20 heavy (non-hydrogen) atoms. The standard InChI is InChI=1S/C17H28N2O/c1-5-20-16-8-6-15(7-9-16)14(2)19-12-10-17(3,18-4)11-13-19/h6-9,14,18H,5,10-13H2,1-4H3. The fourth-order valence-corrected chi connectivity index (χ4v) is 2.87. The van der Waals surface area contributed by atoms with Gasteiger partial charge < -0.3 is 10.1 Å². The minimum absolute atomic E-state index is 0.315. The molecule has 1 atom stereocenters. The average molecular weight is 276 g/mol. The molecule has 0 bridgehead atoms. The maximum atomic E-state index is 5.51. The smallest absolute Gasteiger partial charge is 0.119 e. The van der Waals surface area contributed by atoms with Crippen LogP contribution < -0.4 is 10.1 Å². The van der Waals surface area contributed by atoms with E-state index in [1.165, 1.54) is 18.4 Å².